The Kier molecular flexibility index (Phi) is 4.53. The quantitative estimate of drug-likeness (QED) is 0.657. The van der Waals surface area contributed by atoms with Gasteiger partial charge in [-0.2, -0.15) is 5.10 Å². The van der Waals surface area contributed by atoms with Crippen molar-refractivity contribution in [3.05, 3.63) is 64.1 Å². The molecule has 2 aromatic rings. The summed E-state index contributed by atoms with van der Waals surface area (Å²) in [6, 6.07) is 14.3. The van der Waals surface area contributed by atoms with Crippen LogP contribution in [0.1, 0.15) is 22.8 Å². The third kappa shape index (κ3) is 3.68. The Labute approximate surface area is 125 Å². The van der Waals surface area contributed by atoms with Gasteiger partial charge in [-0.3, -0.25) is 5.43 Å². The molecule has 0 aliphatic rings. The van der Waals surface area contributed by atoms with Crippen LogP contribution in [0.4, 0.5) is 5.69 Å². The molecule has 0 aromatic heterocycles. The summed E-state index contributed by atoms with van der Waals surface area (Å²) in [5.74, 6) is -0.939. The van der Waals surface area contributed by atoms with Gasteiger partial charge in [0.1, 0.15) is 0 Å². The lowest BCUT2D eigenvalue weighted by molar-refractivity contribution is 0.0697. The summed E-state index contributed by atoms with van der Waals surface area (Å²) in [5.41, 5.74) is 5.77. The minimum Gasteiger partial charge on any atom is -0.478 e. The number of nitrogens with one attached hydrogen (secondary N) is 1. The van der Waals surface area contributed by atoms with Gasteiger partial charge < -0.3 is 5.11 Å². The van der Waals surface area contributed by atoms with Gasteiger partial charge in [-0.25, -0.2) is 4.79 Å². The lowest BCUT2D eigenvalue weighted by Gasteiger charge is -2.04. The largest absolute Gasteiger partial charge is 0.478 e. The predicted molar refractivity (Wildman–Crippen MR) is 83.4 cm³/mol. The number of rotatable bonds is 4. The molecule has 4 nitrogen and oxygen atoms in total. The van der Waals surface area contributed by atoms with Crippen molar-refractivity contribution in [1.82, 2.24) is 0 Å². The molecule has 20 heavy (non-hydrogen) atoms. The van der Waals surface area contributed by atoms with Crippen LogP contribution in [0.5, 0.6) is 0 Å². The second-order valence-electron chi connectivity index (χ2n) is 4.20. The van der Waals surface area contributed by atoms with Crippen LogP contribution in [0.15, 0.2) is 58.1 Å². The fraction of sp³-hybridized carbons (Fsp3) is 0.0667. The molecule has 2 N–H and O–H groups in total. The van der Waals surface area contributed by atoms with Crippen LogP contribution in [0.3, 0.4) is 0 Å². The lowest BCUT2D eigenvalue weighted by Crippen LogP contribution is -2.00. The second kappa shape index (κ2) is 6.34. The molecule has 0 aliphatic carbocycles. The number of hydrogen-bond acceptors (Lipinski definition) is 3. The molecule has 0 heterocycles. The van der Waals surface area contributed by atoms with Gasteiger partial charge >= 0.3 is 5.97 Å². The number of hydrogen-bond donors (Lipinski definition) is 2. The molecule has 102 valence electrons. The van der Waals surface area contributed by atoms with Crippen molar-refractivity contribution in [1.29, 1.82) is 0 Å². The van der Waals surface area contributed by atoms with Crippen molar-refractivity contribution in [2.45, 2.75) is 6.92 Å². The van der Waals surface area contributed by atoms with Crippen LogP contribution in [-0.2, 0) is 0 Å². The second-order valence-corrected chi connectivity index (χ2v) is 5.11. The van der Waals surface area contributed by atoms with E-state index >= 15 is 0 Å². The summed E-state index contributed by atoms with van der Waals surface area (Å²) in [6.45, 7) is 1.90. The highest BCUT2D eigenvalue weighted by molar-refractivity contribution is 9.10. The Balaban J connectivity index is 2.08. The third-order valence-electron chi connectivity index (χ3n) is 2.75. The molecular weight excluding hydrogens is 320 g/mol. The lowest BCUT2D eigenvalue weighted by atomic mass is 10.1. The van der Waals surface area contributed by atoms with Crippen molar-refractivity contribution in [2.24, 2.45) is 5.10 Å². The topological polar surface area (TPSA) is 61.7 Å². The Hall–Kier alpha value is -2.14. The van der Waals surface area contributed by atoms with E-state index in [1.807, 2.05) is 31.2 Å². The molecule has 0 fully saturated rings. The molecular formula is C15H13BrN2O2. The molecule has 0 radical (unpaired) electrons. The molecule has 0 bridgehead atoms. The first-order chi connectivity index (χ1) is 9.56. The van der Waals surface area contributed by atoms with E-state index in [1.165, 1.54) is 12.1 Å². The van der Waals surface area contributed by atoms with E-state index in [4.69, 9.17) is 5.11 Å². The van der Waals surface area contributed by atoms with Gasteiger partial charge in [0.2, 0.25) is 0 Å². The maximum atomic E-state index is 10.7. The molecule has 0 unspecified atom stereocenters. The number of anilines is 1. The summed E-state index contributed by atoms with van der Waals surface area (Å²) in [4.78, 5) is 10.7. The van der Waals surface area contributed by atoms with E-state index in [-0.39, 0.29) is 5.56 Å². The zero-order valence-electron chi connectivity index (χ0n) is 10.8. The number of halogens is 1. The van der Waals surface area contributed by atoms with E-state index in [0.29, 0.717) is 0 Å². The first-order valence-electron chi connectivity index (χ1n) is 5.96. The first-order valence-corrected chi connectivity index (χ1v) is 6.75. The van der Waals surface area contributed by atoms with Gasteiger partial charge in [0.25, 0.3) is 0 Å². The maximum Gasteiger partial charge on any atom is 0.335 e. The summed E-state index contributed by atoms with van der Waals surface area (Å²) in [6.07, 6.45) is 0. The van der Waals surface area contributed by atoms with Crippen LogP contribution >= 0.6 is 15.9 Å². The molecule has 0 spiro atoms. The molecule has 0 atom stereocenters. The van der Waals surface area contributed by atoms with E-state index in [1.54, 1.807) is 12.1 Å². The number of carbonyl (C=O) groups is 1. The van der Waals surface area contributed by atoms with Gasteiger partial charge in [-0.1, -0.05) is 28.1 Å². The minimum absolute atomic E-state index is 0.254. The van der Waals surface area contributed by atoms with Gasteiger partial charge in [-0.05, 0) is 48.9 Å². The molecule has 0 saturated heterocycles. The molecule has 5 heteroatoms. The Morgan fingerprint density at radius 1 is 1.05 bits per heavy atom. The van der Waals surface area contributed by atoms with Gasteiger partial charge in [0.15, 0.2) is 0 Å². The van der Waals surface area contributed by atoms with Crippen LogP contribution in [0, 0.1) is 0 Å². The molecule has 2 aromatic carbocycles. The standard InChI is InChI=1S/C15H13BrN2O2/c1-10(11-2-6-13(16)7-3-11)17-18-14-8-4-12(5-9-14)15(19)20/h2-9,18H,1H3,(H,19,20)/b17-10+. The first kappa shape index (κ1) is 14.3. The average Bonchev–Trinajstić information content (AvgIpc) is 2.46. The van der Waals surface area contributed by atoms with Crippen LogP contribution < -0.4 is 5.43 Å². The van der Waals surface area contributed by atoms with Crippen molar-refractivity contribution in [2.75, 3.05) is 5.43 Å². The third-order valence-corrected chi connectivity index (χ3v) is 3.28. The monoisotopic (exact) mass is 332 g/mol. The van der Waals surface area contributed by atoms with Gasteiger partial charge in [-0.15, -0.1) is 0 Å². The highest BCUT2D eigenvalue weighted by Gasteiger charge is 2.01. The van der Waals surface area contributed by atoms with Crippen molar-refractivity contribution < 1.29 is 9.90 Å². The highest BCUT2D eigenvalue weighted by Crippen LogP contribution is 2.13. The SMILES string of the molecule is C/C(=N\Nc1ccc(C(=O)O)cc1)c1ccc(Br)cc1. The summed E-state index contributed by atoms with van der Waals surface area (Å²) in [5, 5.41) is 13.1. The number of nitrogens with zero attached hydrogens (tertiary/aromatic N) is 1. The van der Waals surface area contributed by atoms with Gasteiger partial charge in [0, 0.05) is 4.47 Å². The fourth-order valence-corrected chi connectivity index (χ4v) is 1.86. The average molecular weight is 333 g/mol. The van der Waals surface area contributed by atoms with E-state index in [9.17, 15) is 4.79 Å². The van der Waals surface area contributed by atoms with E-state index in [2.05, 4.69) is 26.5 Å². The van der Waals surface area contributed by atoms with Crippen LogP contribution in [0.2, 0.25) is 0 Å². The Morgan fingerprint density at radius 2 is 1.60 bits per heavy atom. The molecule has 2 rings (SSSR count). The minimum atomic E-state index is -0.939. The normalized spacial score (nSPS) is 11.2. The van der Waals surface area contributed by atoms with Crippen molar-refractivity contribution >= 4 is 33.3 Å². The number of aromatic carboxylic acids is 1. The number of carboxylic acid groups (broad SMARTS) is 1. The Morgan fingerprint density at radius 3 is 2.15 bits per heavy atom. The fourth-order valence-electron chi connectivity index (χ4n) is 1.59. The van der Waals surface area contributed by atoms with E-state index < -0.39 is 5.97 Å². The predicted octanol–water partition coefficient (Wildman–Crippen LogP) is 3.98. The summed E-state index contributed by atoms with van der Waals surface area (Å²) in [7, 11) is 0. The Bertz CT molecular complexity index is 634. The smallest absolute Gasteiger partial charge is 0.335 e. The maximum absolute atomic E-state index is 10.7. The highest BCUT2D eigenvalue weighted by atomic mass is 79.9. The number of carboxylic acids is 1. The van der Waals surface area contributed by atoms with Crippen molar-refractivity contribution in [3.8, 4) is 0 Å². The molecule has 0 saturated carbocycles. The van der Waals surface area contributed by atoms with Crippen LogP contribution in [0.25, 0.3) is 0 Å². The van der Waals surface area contributed by atoms with E-state index in [0.717, 1.165) is 21.4 Å². The van der Waals surface area contributed by atoms with Crippen molar-refractivity contribution in [3.63, 3.8) is 0 Å². The number of hydrazone groups is 1. The summed E-state index contributed by atoms with van der Waals surface area (Å²) < 4.78 is 1.02. The molecule has 0 amide bonds. The molecule has 0 aliphatic heterocycles. The summed E-state index contributed by atoms with van der Waals surface area (Å²) >= 11 is 3.39. The number of benzene rings is 2. The zero-order valence-corrected chi connectivity index (χ0v) is 12.4. The van der Waals surface area contributed by atoms with Crippen LogP contribution in [-0.4, -0.2) is 16.8 Å². The van der Waals surface area contributed by atoms with Gasteiger partial charge in [0.05, 0.1) is 17.0 Å². The zero-order chi connectivity index (χ0) is 14.5.